The highest BCUT2D eigenvalue weighted by atomic mass is 32.2. The van der Waals surface area contributed by atoms with E-state index in [1.165, 1.54) is 7.11 Å². The Bertz CT molecular complexity index is 273. The van der Waals surface area contributed by atoms with Crippen molar-refractivity contribution in [3.8, 4) is 0 Å². The lowest BCUT2D eigenvalue weighted by molar-refractivity contribution is -0.142. The number of nitrogens with two attached hydrogens (primary N) is 1. The van der Waals surface area contributed by atoms with Gasteiger partial charge in [-0.05, 0) is 18.6 Å². The number of hydrogen-bond donors (Lipinski definition) is 1. The summed E-state index contributed by atoms with van der Waals surface area (Å²) < 4.78 is 4.52. The molecule has 5 nitrogen and oxygen atoms in total. The van der Waals surface area contributed by atoms with Gasteiger partial charge < -0.3 is 15.4 Å². The van der Waals surface area contributed by atoms with Crippen LogP contribution in [-0.4, -0.2) is 54.5 Å². The smallest absolute Gasteiger partial charge is 0.322 e. The molecule has 2 atom stereocenters. The van der Waals surface area contributed by atoms with Gasteiger partial charge in [0.25, 0.3) is 0 Å². The molecule has 1 rings (SSSR count). The Morgan fingerprint density at radius 2 is 2.44 bits per heavy atom. The van der Waals surface area contributed by atoms with E-state index in [0.717, 1.165) is 13.0 Å². The Kier molecular flexibility index (Phi) is 5.08. The monoisotopic (exact) mass is 246 g/mol. The predicted octanol–water partition coefficient (Wildman–Crippen LogP) is -0.159. The lowest BCUT2D eigenvalue weighted by Gasteiger charge is -2.11. The lowest BCUT2D eigenvalue weighted by Crippen LogP contribution is -2.32. The molecule has 6 heteroatoms. The Hall–Kier alpha value is -0.750. The van der Waals surface area contributed by atoms with Crippen molar-refractivity contribution in [1.29, 1.82) is 0 Å². The largest absolute Gasteiger partial charge is 0.468 e. The van der Waals surface area contributed by atoms with Gasteiger partial charge in [0.15, 0.2) is 0 Å². The van der Waals surface area contributed by atoms with Crippen molar-refractivity contribution < 1.29 is 14.3 Å². The molecule has 1 amide bonds. The molecule has 92 valence electrons. The minimum Gasteiger partial charge on any atom is -0.468 e. The summed E-state index contributed by atoms with van der Waals surface area (Å²) in [6.45, 7) is 0.819. The number of nitrogens with zero attached hydrogens (tertiary/aromatic N) is 1. The van der Waals surface area contributed by atoms with E-state index in [1.54, 1.807) is 16.7 Å². The van der Waals surface area contributed by atoms with Crippen LogP contribution >= 0.6 is 11.8 Å². The lowest BCUT2D eigenvalue weighted by atomic mass is 10.2. The van der Waals surface area contributed by atoms with Gasteiger partial charge in [-0.1, -0.05) is 0 Å². The van der Waals surface area contributed by atoms with Crippen molar-refractivity contribution in [2.45, 2.75) is 24.1 Å². The summed E-state index contributed by atoms with van der Waals surface area (Å²) in [5.41, 5.74) is 5.59. The number of thioether (sulfide) groups is 1. The topological polar surface area (TPSA) is 72.6 Å². The van der Waals surface area contributed by atoms with Crippen LogP contribution < -0.4 is 5.73 Å². The number of amides is 1. The highest BCUT2D eigenvalue weighted by Crippen LogP contribution is 2.23. The van der Waals surface area contributed by atoms with Crippen LogP contribution in [0.3, 0.4) is 0 Å². The van der Waals surface area contributed by atoms with Crippen molar-refractivity contribution in [2.75, 3.05) is 26.5 Å². The summed E-state index contributed by atoms with van der Waals surface area (Å²) in [4.78, 5) is 24.3. The second-order valence-corrected chi connectivity index (χ2v) is 5.14. The van der Waals surface area contributed by atoms with E-state index in [1.807, 2.05) is 7.05 Å². The van der Waals surface area contributed by atoms with Crippen molar-refractivity contribution in [3.63, 3.8) is 0 Å². The summed E-state index contributed by atoms with van der Waals surface area (Å²) >= 11 is 1.57. The molecule has 2 N–H and O–H groups in total. The predicted molar refractivity (Wildman–Crippen MR) is 63.1 cm³/mol. The van der Waals surface area contributed by atoms with E-state index in [0.29, 0.717) is 12.2 Å². The molecular formula is C10H18N2O3S. The van der Waals surface area contributed by atoms with Gasteiger partial charge in [-0.2, -0.15) is 0 Å². The SMILES string of the molecule is COC(=O)C(N)CCSC1CCN(C)C1=O. The zero-order chi connectivity index (χ0) is 12.1. The van der Waals surface area contributed by atoms with Crippen LogP contribution in [0, 0.1) is 0 Å². The third-order valence-corrected chi connectivity index (χ3v) is 3.94. The summed E-state index contributed by atoms with van der Waals surface area (Å²) in [6.07, 6.45) is 1.43. The van der Waals surface area contributed by atoms with Crippen molar-refractivity contribution >= 4 is 23.6 Å². The first-order valence-electron chi connectivity index (χ1n) is 5.26. The van der Waals surface area contributed by atoms with Gasteiger partial charge in [0, 0.05) is 13.6 Å². The Morgan fingerprint density at radius 1 is 1.75 bits per heavy atom. The van der Waals surface area contributed by atoms with Crippen LogP contribution in [0.2, 0.25) is 0 Å². The first kappa shape index (κ1) is 13.3. The number of ether oxygens (including phenoxy) is 1. The van der Waals surface area contributed by atoms with Crippen LogP contribution in [0.15, 0.2) is 0 Å². The van der Waals surface area contributed by atoms with E-state index in [4.69, 9.17) is 5.73 Å². The number of esters is 1. The average Bonchev–Trinajstić information content (AvgIpc) is 2.59. The van der Waals surface area contributed by atoms with Gasteiger partial charge in [0.2, 0.25) is 5.91 Å². The molecule has 0 saturated carbocycles. The van der Waals surface area contributed by atoms with Gasteiger partial charge >= 0.3 is 5.97 Å². The van der Waals surface area contributed by atoms with Crippen molar-refractivity contribution in [2.24, 2.45) is 5.73 Å². The van der Waals surface area contributed by atoms with Crippen LogP contribution in [0.5, 0.6) is 0 Å². The Labute approximate surface area is 99.7 Å². The van der Waals surface area contributed by atoms with Crippen LogP contribution in [0.25, 0.3) is 0 Å². The second kappa shape index (κ2) is 6.10. The van der Waals surface area contributed by atoms with E-state index in [9.17, 15) is 9.59 Å². The molecule has 0 bridgehead atoms. The molecule has 0 spiro atoms. The molecule has 1 fully saturated rings. The molecule has 0 aromatic heterocycles. The molecule has 0 radical (unpaired) electrons. The molecule has 1 saturated heterocycles. The molecule has 1 heterocycles. The number of carbonyl (C=O) groups excluding carboxylic acids is 2. The molecule has 1 aliphatic rings. The minimum atomic E-state index is -0.577. The van der Waals surface area contributed by atoms with E-state index >= 15 is 0 Å². The minimum absolute atomic E-state index is 0.0369. The number of rotatable bonds is 5. The highest BCUT2D eigenvalue weighted by Gasteiger charge is 2.29. The normalized spacial score (nSPS) is 22.3. The number of likely N-dealkylation sites (tertiary alicyclic amines) is 1. The average molecular weight is 246 g/mol. The Balaban J connectivity index is 2.21. The fourth-order valence-electron chi connectivity index (χ4n) is 1.55. The highest BCUT2D eigenvalue weighted by molar-refractivity contribution is 8.00. The summed E-state index contributed by atoms with van der Waals surface area (Å²) in [7, 11) is 3.13. The molecule has 0 aromatic rings. The standard InChI is InChI=1S/C10H18N2O3S/c1-12-5-3-8(9(12)13)16-6-4-7(11)10(14)15-2/h7-8H,3-6,11H2,1-2H3. The third-order valence-electron chi connectivity index (χ3n) is 2.63. The van der Waals surface area contributed by atoms with E-state index < -0.39 is 12.0 Å². The fourth-order valence-corrected chi connectivity index (χ4v) is 2.82. The fraction of sp³-hybridized carbons (Fsp3) is 0.800. The maximum Gasteiger partial charge on any atom is 0.322 e. The van der Waals surface area contributed by atoms with Crippen LogP contribution in [-0.2, 0) is 14.3 Å². The quantitative estimate of drug-likeness (QED) is 0.682. The Morgan fingerprint density at radius 3 is 2.94 bits per heavy atom. The maximum atomic E-state index is 11.6. The first-order valence-corrected chi connectivity index (χ1v) is 6.31. The molecule has 16 heavy (non-hydrogen) atoms. The van der Waals surface area contributed by atoms with Gasteiger partial charge in [-0.25, -0.2) is 0 Å². The van der Waals surface area contributed by atoms with Gasteiger partial charge in [-0.3, -0.25) is 9.59 Å². The molecule has 1 aliphatic heterocycles. The molecule has 0 aliphatic carbocycles. The third kappa shape index (κ3) is 3.38. The zero-order valence-electron chi connectivity index (χ0n) is 9.64. The molecular weight excluding hydrogens is 228 g/mol. The van der Waals surface area contributed by atoms with Crippen LogP contribution in [0.4, 0.5) is 0 Å². The van der Waals surface area contributed by atoms with Crippen molar-refractivity contribution in [1.82, 2.24) is 4.90 Å². The summed E-state index contributed by atoms with van der Waals surface area (Å²) in [5, 5.41) is 0.0369. The summed E-state index contributed by atoms with van der Waals surface area (Å²) in [5.74, 6) is 0.493. The second-order valence-electron chi connectivity index (χ2n) is 3.83. The molecule has 0 aromatic carbocycles. The van der Waals surface area contributed by atoms with Crippen LogP contribution in [0.1, 0.15) is 12.8 Å². The van der Waals surface area contributed by atoms with Gasteiger partial charge in [0.05, 0.1) is 12.4 Å². The van der Waals surface area contributed by atoms with Gasteiger partial charge in [0.1, 0.15) is 6.04 Å². The van der Waals surface area contributed by atoms with E-state index in [2.05, 4.69) is 4.74 Å². The number of methoxy groups -OCH3 is 1. The first-order chi connectivity index (χ1) is 7.56. The van der Waals surface area contributed by atoms with Crippen molar-refractivity contribution in [3.05, 3.63) is 0 Å². The zero-order valence-corrected chi connectivity index (χ0v) is 10.5. The number of carbonyl (C=O) groups is 2. The van der Waals surface area contributed by atoms with Gasteiger partial charge in [-0.15, -0.1) is 11.8 Å². The summed E-state index contributed by atoms with van der Waals surface area (Å²) in [6, 6.07) is -0.577. The molecule has 2 unspecified atom stereocenters. The van der Waals surface area contributed by atoms with E-state index in [-0.39, 0.29) is 11.2 Å². The maximum absolute atomic E-state index is 11.6. The number of hydrogen-bond acceptors (Lipinski definition) is 5.